The zero-order valence-electron chi connectivity index (χ0n) is 17.7. The zero-order valence-corrected chi connectivity index (χ0v) is 18.5. The number of likely N-dealkylation sites (tertiary alicyclic amines) is 1. The molecule has 0 radical (unpaired) electrons. The Morgan fingerprint density at radius 3 is 2.74 bits per heavy atom. The molecule has 0 bridgehead atoms. The molecule has 2 aromatic carbocycles. The second kappa shape index (κ2) is 8.85. The quantitative estimate of drug-likeness (QED) is 0.650. The Balaban J connectivity index is 1.13. The number of piperidine rings is 1. The van der Waals surface area contributed by atoms with Gasteiger partial charge in [-0.25, -0.2) is 4.98 Å². The first-order chi connectivity index (χ1) is 15.2. The van der Waals surface area contributed by atoms with Gasteiger partial charge in [-0.05, 0) is 62.7 Å². The van der Waals surface area contributed by atoms with Crippen LogP contribution in [0.25, 0.3) is 10.2 Å². The summed E-state index contributed by atoms with van der Waals surface area (Å²) in [7, 11) is 0. The van der Waals surface area contributed by atoms with E-state index < -0.39 is 0 Å². The minimum atomic E-state index is -0.0800. The maximum absolute atomic E-state index is 12.6. The molecule has 2 aliphatic rings. The van der Waals surface area contributed by atoms with Gasteiger partial charge in [0.05, 0.1) is 27.8 Å². The van der Waals surface area contributed by atoms with Crippen LogP contribution in [0, 0.1) is 0 Å². The third-order valence-electron chi connectivity index (χ3n) is 6.06. The van der Waals surface area contributed by atoms with Crippen LogP contribution >= 0.6 is 11.3 Å². The molecule has 3 heterocycles. The van der Waals surface area contributed by atoms with Gasteiger partial charge >= 0.3 is 0 Å². The highest BCUT2D eigenvalue weighted by Crippen LogP contribution is 2.34. The minimum Gasteiger partial charge on any atom is -0.486 e. The number of carbonyl (C=O) groups excluding carboxylic acids is 1. The highest BCUT2D eigenvalue weighted by Gasteiger charge is 2.25. The van der Waals surface area contributed by atoms with Crippen LogP contribution in [0.5, 0.6) is 11.5 Å². The van der Waals surface area contributed by atoms with Gasteiger partial charge in [-0.1, -0.05) is 18.2 Å². The van der Waals surface area contributed by atoms with Crippen molar-refractivity contribution >= 4 is 27.5 Å². The number of aromatic nitrogens is 1. The molecule has 0 aliphatic carbocycles. The first-order valence-corrected chi connectivity index (χ1v) is 11.7. The second-order valence-electron chi connectivity index (χ2n) is 8.26. The Hall–Kier alpha value is -2.64. The van der Waals surface area contributed by atoms with E-state index >= 15 is 0 Å². The topological polar surface area (TPSA) is 63.7 Å². The molecule has 0 saturated carbocycles. The summed E-state index contributed by atoms with van der Waals surface area (Å²) in [5.74, 6) is 2.07. The van der Waals surface area contributed by atoms with Crippen LogP contribution in [0.2, 0.25) is 0 Å². The van der Waals surface area contributed by atoms with E-state index in [0.29, 0.717) is 25.7 Å². The number of amides is 1. The fraction of sp³-hybridized carbons (Fsp3) is 0.417. The van der Waals surface area contributed by atoms with Crippen LogP contribution in [0.4, 0.5) is 0 Å². The van der Waals surface area contributed by atoms with Crippen molar-refractivity contribution in [2.75, 3.05) is 32.8 Å². The molecule has 1 unspecified atom stereocenters. The van der Waals surface area contributed by atoms with Crippen molar-refractivity contribution in [2.45, 2.75) is 31.7 Å². The number of para-hydroxylation sites is 1. The number of hydrogen-bond donors (Lipinski definition) is 1. The summed E-state index contributed by atoms with van der Waals surface area (Å²) in [5, 5.41) is 4.36. The summed E-state index contributed by atoms with van der Waals surface area (Å²) < 4.78 is 12.5. The Bertz CT molecular complexity index is 1040. The zero-order chi connectivity index (χ0) is 21.2. The minimum absolute atomic E-state index is 0.0563. The Kier molecular flexibility index (Phi) is 5.78. The monoisotopic (exact) mass is 437 g/mol. The number of carbonyl (C=O) groups is 1. The van der Waals surface area contributed by atoms with Gasteiger partial charge in [-0.15, -0.1) is 11.3 Å². The predicted molar refractivity (Wildman–Crippen MR) is 122 cm³/mol. The van der Waals surface area contributed by atoms with E-state index in [2.05, 4.69) is 28.4 Å². The van der Waals surface area contributed by atoms with Crippen molar-refractivity contribution in [1.29, 1.82) is 0 Å². The molecule has 1 fully saturated rings. The van der Waals surface area contributed by atoms with Crippen LogP contribution in [-0.2, 0) is 4.79 Å². The summed E-state index contributed by atoms with van der Waals surface area (Å²) in [6, 6.07) is 14.1. The van der Waals surface area contributed by atoms with Crippen LogP contribution < -0.4 is 14.8 Å². The third-order valence-corrected chi connectivity index (χ3v) is 7.26. The number of hydrogen-bond acceptors (Lipinski definition) is 6. The van der Waals surface area contributed by atoms with E-state index in [1.165, 1.54) is 9.71 Å². The Morgan fingerprint density at radius 2 is 1.94 bits per heavy atom. The fourth-order valence-electron chi connectivity index (χ4n) is 4.31. The van der Waals surface area contributed by atoms with Gasteiger partial charge in [0.15, 0.2) is 11.5 Å². The number of nitrogens with zero attached hydrogens (tertiary/aromatic N) is 2. The van der Waals surface area contributed by atoms with Crippen molar-refractivity contribution in [2.24, 2.45) is 0 Å². The average molecular weight is 438 g/mol. The van der Waals surface area contributed by atoms with E-state index in [-0.39, 0.29) is 11.9 Å². The van der Waals surface area contributed by atoms with Gasteiger partial charge in [0.2, 0.25) is 5.91 Å². The van der Waals surface area contributed by atoms with E-state index in [1.54, 1.807) is 11.3 Å². The highest BCUT2D eigenvalue weighted by atomic mass is 32.1. The van der Waals surface area contributed by atoms with Crippen molar-refractivity contribution in [3.05, 3.63) is 53.0 Å². The standard InChI is InChI=1S/C24H27N3O3S/c1-16(18-6-7-20-21(14-18)30-13-12-29-20)25-23(28)15-27-10-8-17(9-11-27)24-26-19-4-2-3-5-22(19)31-24/h2-7,14,16-17H,8-13,15H2,1H3,(H,25,28). The SMILES string of the molecule is CC(NC(=O)CN1CCC(c2nc3ccccc3s2)CC1)c1ccc2c(c1)OCCO2. The number of ether oxygens (including phenoxy) is 2. The van der Waals surface area contributed by atoms with Gasteiger partial charge in [-0.2, -0.15) is 0 Å². The Labute approximate surface area is 186 Å². The molecule has 1 aromatic heterocycles. The number of fused-ring (bicyclic) bond motifs is 2. The number of nitrogens with one attached hydrogen (secondary N) is 1. The third kappa shape index (κ3) is 4.52. The van der Waals surface area contributed by atoms with E-state index in [0.717, 1.165) is 48.5 Å². The molecular formula is C24H27N3O3S. The normalized spacial score (nSPS) is 18.1. The summed E-state index contributed by atoms with van der Waals surface area (Å²) >= 11 is 1.81. The second-order valence-corrected chi connectivity index (χ2v) is 9.32. The molecule has 1 atom stereocenters. The summed E-state index contributed by atoms with van der Waals surface area (Å²) in [6.45, 7) is 5.42. The van der Waals surface area contributed by atoms with Crippen LogP contribution in [-0.4, -0.2) is 48.6 Å². The van der Waals surface area contributed by atoms with Gasteiger partial charge in [0.25, 0.3) is 0 Å². The first kappa shape index (κ1) is 20.3. The molecule has 6 nitrogen and oxygen atoms in total. The van der Waals surface area contributed by atoms with E-state index in [4.69, 9.17) is 14.5 Å². The lowest BCUT2D eigenvalue weighted by atomic mass is 9.97. The van der Waals surface area contributed by atoms with E-state index in [1.807, 2.05) is 31.2 Å². The van der Waals surface area contributed by atoms with Crippen LogP contribution in [0.1, 0.15) is 42.3 Å². The largest absolute Gasteiger partial charge is 0.486 e. The van der Waals surface area contributed by atoms with Crippen LogP contribution in [0.15, 0.2) is 42.5 Å². The van der Waals surface area contributed by atoms with Gasteiger partial charge in [0, 0.05) is 5.92 Å². The van der Waals surface area contributed by atoms with Crippen molar-refractivity contribution in [1.82, 2.24) is 15.2 Å². The summed E-state index contributed by atoms with van der Waals surface area (Å²) in [6.07, 6.45) is 2.09. The van der Waals surface area contributed by atoms with Crippen LogP contribution in [0.3, 0.4) is 0 Å². The number of thiazole rings is 1. The maximum Gasteiger partial charge on any atom is 0.234 e. The summed E-state index contributed by atoms with van der Waals surface area (Å²) in [4.78, 5) is 19.7. The first-order valence-electron chi connectivity index (χ1n) is 10.9. The van der Waals surface area contributed by atoms with Crippen molar-refractivity contribution < 1.29 is 14.3 Å². The maximum atomic E-state index is 12.6. The molecule has 1 amide bonds. The number of benzene rings is 2. The van der Waals surface area contributed by atoms with Crippen molar-refractivity contribution in [3.63, 3.8) is 0 Å². The molecule has 0 spiro atoms. The molecule has 3 aromatic rings. The lowest BCUT2D eigenvalue weighted by Crippen LogP contribution is -2.41. The molecule has 1 N–H and O–H groups in total. The lowest BCUT2D eigenvalue weighted by molar-refractivity contribution is -0.123. The number of rotatable bonds is 5. The Morgan fingerprint density at radius 1 is 1.16 bits per heavy atom. The lowest BCUT2D eigenvalue weighted by Gasteiger charge is -2.30. The molecule has 1 saturated heterocycles. The fourth-order valence-corrected chi connectivity index (χ4v) is 5.44. The predicted octanol–water partition coefficient (Wildman–Crippen LogP) is 4.12. The highest BCUT2D eigenvalue weighted by molar-refractivity contribution is 7.18. The molecule has 162 valence electrons. The molecule has 7 heteroatoms. The smallest absolute Gasteiger partial charge is 0.234 e. The van der Waals surface area contributed by atoms with Gasteiger partial charge in [-0.3, -0.25) is 9.69 Å². The van der Waals surface area contributed by atoms with Crippen molar-refractivity contribution in [3.8, 4) is 11.5 Å². The molecule has 2 aliphatic heterocycles. The molecular weight excluding hydrogens is 410 g/mol. The van der Waals surface area contributed by atoms with Gasteiger partial charge in [0.1, 0.15) is 13.2 Å². The van der Waals surface area contributed by atoms with Gasteiger partial charge < -0.3 is 14.8 Å². The molecule has 31 heavy (non-hydrogen) atoms. The average Bonchev–Trinajstić information content (AvgIpc) is 3.23. The van der Waals surface area contributed by atoms with E-state index in [9.17, 15) is 4.79 Å². The summed E-state index contributed by atoms with van der Waals surface area (Å²) in [5.41, 5.74) is 2.12. The molecule has 5 rings (SSSR count).